The van der Waals surface area contributed by atoms with E-state index in [0.717, 1.165) is 0 Å². The third kappa shape index (κ3) is 6.52. The summed E-state index contributed by atoms with van der Waals surface area (Å²) in [5, 5.41) is 2.88. The summed E-state index contributed by atoms with van der Waals surface area (Å²) in [6.07, 6.45) is -4.43. The number of rotatable bonds is 6. The van der Waals surface area contributed by atoms with Gasteiger partial charge >= 0.3 is 6.18 Å². The summed E-state index contributed by atoms with van der Waals surface area (Å²) >= 11 is 0. The molecule has 1 aliphatic rings. The number of ether oxygens (including phenoxy) is 2. The second kappa shape index (κ2) is 9.91. The Morgan fingerprint density at radius 2 is 1.84 bits per heavy atom. The summed E-state index contributed by atoms with van der Waals surface area (Å²) < 4.78 is 51.8. The molecule has 2 aromatic carbocycles. The summed E-state index contributed by atoms with van der Waals surface area (Å²) in [4.78, 5) is 5.98. The molecule has 168 valence electrons. The maximum atomic E-state index is 13.6. The van der Waals surface area contributed by atoms with E-state index in [4.69, 9.17) is 15.2 Å². The van der Waals surface area contributed by atoms with Crippen molar-refractivity contribution in [2.45, 2.75) is 32.7 Å². The molecule has 0 aliphatic carbocycles. The van der Waals surface area contributed by atoms with Gasteiger partial charge < -0.3 is 25.4 Å². The number of alkyl halides is 3. The molecule has 6 nitrogen and oxygen atoms in total. The van der Waals surface area contributed by atoms with Gasteiger partial charge in [-0.3, -0.25) is 0 Å². The van der Waals surface area contributed by atoms with Crippen LogP contribution in [0, 0.1) is 0 Å². The van der Waals surface area contributed by atoms with Crippen LogP contribution in [-0.4, -0.2) is 38.4 Å². The lowest BCUT2D eigenvalue weighted by atomic mass is 10.1. The van der Waals surface area contributed by atoms with E-state index in [9.17, 15) is 13.2 Å². The van der Waals surface area contributed by atoms with Gasteiger partial charge in [-0.2, -0.15) is 13.2 Å². The van der Waals surface area contributed by atoms with E-state index in [1.807, 2.05) is 18.7 Å². The summed E-state index contributed by atoms with van der Waals surface area (Å²) in [5.41, 5.74) is 6.43. The van der Waals surface area contributed by atoms with Crippen molar-refractivity contribution in [1.82, 2.24) is 0 Å². The maximum absolute atomic E-state index is 13.6. The molecular weight excluding hydrogens is 409 g/mol. The van der Waals surface area contributed by atoms with Crippen LogP contribution in [0.25, 0.3) is 0 Å². The zero-order chi connectivity index (χ0) is 22.4. The molecule has 0 spiro atoms. The molecule has 3 rings (SSSR count). The maximum Gasteiger partial charge on any atom is 0.416 e. The van der Waals surface area contributed by atoms with E-state index in [0.29, 0.717) is 43.4 Å². The highest BCUT2D eigenvalue weighted by atomic mass is 19.4. The van der Waals surface area contributed by atoms with E-state index in [1.54, 1.807) is 30.3 Å². The second-order valence-corrected chi connectivity index (χ2v) is 7.46. The Hall–Kier alpha value is -2.94. The quantitative estimate of drug-likeness (QED) is 0.523. The van der Waals surface area contributed by atoms with Crippen molar-refractivity contribution >= 4 is 17.3 Å². The molecule has 2 aromatic rings. The molecule has 0 amide bonds. The Morgan fingerprint density at radius 3 is 2.45 bits per heavy atom. The first kappa shape index (κ1) is 22.7. The molecule has 0 saturated carbocycles. The standard InChI is InChI=1S/C22H27F3N4O2/c1-15(2)31-19-7-4-17(5-8-19)28-21(26)27-14-16-3-6-18(13-20(16)22(23,24)25)29-9-11-30-12-10-29/h3-8,13,15H,9-12,14H2,1-2H3,(H3,26,27,28). The first-order valence-electron chi connectivity index (χ1n) is 10.1. The van der Waals surface area contributed by atoms with Gasteiger partial charge in [-0.1, -0.05) is 6.07 Å². The van der Waals surface area contributed by atoms with Crippen LogP contribution in [0.3, 0.4) is 0 Å². The summed E-state index contributed by atoms with van der Waals surface area (Å²) in [6, 6.07) is 11.4. The largest absolute Gasteiger partial charge is 0.491 e. The number of nitrogens with two attached hydrogens (primary N) is 1. The molecule has 0 aromatic heterocycles. The number of guanidine groups is 1. The van der Waals surface area contributed by atoms with Gasteiger partial charge in [0.05, 0.1) is 31.4 Å². The van der Waals surface area contributed by atoms with E-state index < -0.39 is 11.7 Å². The van der Waals surface area contributed by atoms with Crippen LogP contribution in [-0.2, 0) is 17.5 Å². The fourth-order valence-corrected chi connectivity index (χ4v) is 3.23. The minimum atomic E-state index is -4.48. The minimum Gasteiger partial charge on any atom is -0.491 e. The van der Waals surface area contributed by atoms with Crippen LogP contribution in [0.4, 0.5) is 24.5 Å². The molecule has 0 atom stereocenters. The van der Waals surface area contributed by atoms with Crippen LogP contribution in [0.5, 0.6) is 5.75 Å². The lowest BCUT2D eigenvalue weighted by Crippen LogP contribution is -2.36. The predicted octanol–water partition coefficient (Wildman–Crippen LogP) is 4.26. The third-order valence-electron chi connectivity index (χ3n) is 4.69. The summed E-state index contributed by atoms with van der Waals surface area (Å²) in [5.74, 6) is 0.745. The first-order chi connectivity index (χ1) is 14.7. The number of nitrogens with one attached hydrogen (secondary N) is 1. The molecule has 1 aliphatic heterocycles. The van der Waals surface area contributed by atoms with Crippen molar-refractivity contribution in [3.63, 3.8) is 0 Å². The van der Waals surface area contributed by atoms with Gasteiger partial charge in [0.25, 0.3) is 0 Å². The smallest absolute Gasteiger partial charge is 0.416 e. The van der Waals surface area contributed by atoms with Crippen molar-refractivity contribution < 1.29 is 22.6 Å². The molecule has 1 saturated heterocycles. The van der Waals surface area contributed by atoms with Gasteiger partial charge in [0.2, 0.25) is 0 Å². The molecular formula is C22H27F3N4O2. The van der Waals surface area contributed by atoms with Gasteiger partial charge in [0.15, 0.2) is 5.96 Å². The Balaban J connectivity index is 1.71. The first-order valence-corrected chi connectivity index (χ1v) is 10.1. The third-order valence-corrected chi connectivity index (χ3v) is 4.69. The second-order valence-electron chi connectivity index (χ2n) is 7.46. The van der Waals surface area contributed by atoms with E-state index in [1.165, 1.54) is 12.1 Å². The number of benzene rings is 2. The average molecular weight is 436 g/mol. The van der Waals surface area contributed by atoms with Gasteiger partial charge in [-0.15, -0.1) is 0 Å². The predicted molar refractivity (Wildman–Crippen MR) is 116 cm³/mol. The van der Waals surface area contributed by atoms with Crippen LogP contribution >= 0.6 is 0 Å². The van der Waals surface area contributed by atoms with Gasteiger partial charge in [-0.05, 0) is 55.8 Å². The van der Waals surface area contributed by atoms with Crippen LogP contribution in [0.15, 0.2) is 47.5 Å². The number of hydrogen-bond acceptors (Lipinski definition) is 4. The normalized spacial score (nSPS) is 15.3. The molecule has 1 fully saturated rings. The zero-order valence-electron chi connectivity index (χ0n) is 17.6. The van der Waals surface area contributed by atoms with E-state index >= 15 is 0 Å². The molecule has 9 heteroatoms. The number of hydrogen-bond donors (Lipinski definition) is 2. The number of nitrogens with zero attached hydrogens (tertiary/aromatic N) is 2. The van der Waals surface area contributed by atoms with Crippen molar-refractivity contribution in [2.24, 2.45) is 10.7 Å². The van der Waals surface area contributed by atoms with Crippen molar-refractivity contribution in [1.29, 1.82) is 0 Å². The number of morpholine rings is 1. The molecule has 0 unspecified atom stereocenters. The number of aliphatic imine (C=N–C) groups is 1. The minimum absolute atomic E-state index is 0.0305. The molecule has 1 heterocycles. The van der Waals surface area contributed by atoms with Crippen molar-refractivity contribution in [2.75, 3.05) is 36.5 Å². The van der Waals surface area contributed by atoms with Crippen LogP contribution in [0.1, 0.15) is 25.0 Å². The highest BCUT2D eigenvalue weighted by molar-refractivity contribution is 5.92. The fraction of sp³-hybridized carbons (Fsp3) is 0.409. The Morgan fingerprint density at radius 1 is 1.16 bits per heavy atom. The lowest BCUT2D eigenvalue weighted by molar-refractivity contribution is -0.138. The molecule has 0 bridgehead atoms. The Kier molecular flexibility index (Phi) is 7.27. The monoisotopic (exact) mass is 436 g/mol. The van der Waals surface area contributed by atoms with E-state index in [2.05, 4.69) is 10.3 Å². The summed E-state index contributed by atoms with van der Waals surface area (Å²) in [6.45, 7) is 5.80. The Labute approximate surface area is 179 Å². The number of anilines is 2. The SMILES string of the molecule is CC(C)Oc1ccc(NC(N)=NCc2ccc(N3CCOCC3)cc2C(F)(F)F)cc1. The molecule has 31 heavy (non-hydrogen) atoms. The average Bonchev–Trinajstić information content (AvgIpc) is 2.73. The number of halogens is 3. The molecule has 0 radical (unpaired) electrons. The lowest BCUT2D eigenvalue weighted by Gasteiger charge is -2.29. The zero-order valence-corrected chi connectivity index (χ0v) is 17.6. The van der Waals surface area contributed by atoms with Gasteiger partial charge in [0.1, 0.15) is 5.75 Å². The van der Waals surface area contributed by atoms with Gasteiger partial charge in [0, 0.05) is 24.5 Å². The van der Waals surface area contributed by atoms with Crippen molar-refractivity contribution in [3.8, 4) is 5.75 Å². The summed E-state index contributed by atoms with van der Waals surface area (Å²) in [7, 11) is 0. The fourth-order valence-electron chi connectivity index (χ4n) is 3.23. The van der Waals surface area contributed by atoms with Gasteiger partial charge in [-0.25, -0.2) is 4.99 Å². The topological polar surface area (TPSA) is 72.1 Å². The van der Waals surface area contributed by atoms with Crippen molar-refractivity contribution in [3.05, 3.63) is 53.6 Å². The Bertz CT molecular complexity index is 893. The highest BCUT2D eigenvalue weighted by Crippen LogP contribution is 2.35. The highest BCUT2D eigenvalue weighted by Gasteiger charge is 2.34. The van der Waals surface area contributed by atoms with Crippen LogP contribution in [0.2, 0.25) is 0 Å². The van der Waals surface area contributed by atoms with E-state index in [-0.39, 0.29) is 24.2 Å². The van der Waals surface area contributed by atoms with Crippen LogP contribution < -0.4 is 20.7 Å². The molecule has 3 N–H and O–H groups in total.